The predicted octanol–water partition coefficient (Wildman–Crippen LogP) is 7.34. The third-order valence-electron chi connectivity index (χ3n) is 9.49. The molecule has 0 unspecified atom stereocenters. The molecule has 0 aliphatic carbocycles. The molecular formula is C39H39F5N6O2S. The standard InChI is InChI=1S/C39H39F5N6O2S/c1-3-48-17-15-33(16-18-48)50(22-26-7-9-28(10-8-26)29-11-13-32(14-12-29)39(42,43)44)35(51)24-49-23-31(19-27-20-45-47(2)21-27)37(52)46-38(49)53-25-30-5-4-6-34(40)36(30)41/h4-14,20-21,23,33H,3,15-19,22,24-25H2,1-2H3. The summed E-state index contributed by atoms with van der Waals surface area (Å²) in [7, 11) is 1.77. The fourth-order valence-electron chi connectivity index (χ4n) is 6.51. The van der Waals surface area contributed by atoms with Gasteiger partial charge in [0.15, 0.2) is 16.8 Å². The van der Waals surface area contributed by atoms with Crippen LogP contribution in [0.1, 0.15) is 47.6 Å². The molecule has 278 valence electrons. The van der Waals surface area contributed by atoms with E-state index in [0.717, 1.165) is 79.1 Å². The van der Waals surface area contributed by atoms with Gasteiger partial charge in [-0.1, -0.05) is 67.2 Å². The first-order valence-corrected chi connectivity index (χ1v) is 18.3. The van der Waals surface area contributed by atoms with Crippen LogP contribution in [0, 0.1) is 11.6 Å². The van der Waals surface area contributed by atoms with Crippen LogP contribution >= 0.6 is 11.8 Å². The molecule has 14 heteroatoms. The molecular weight excluding hydrogens is 712 g/mol. The highest BCUT2D eigenvalue weighted by Crippen LogP contribution is 2.31. The fourth-order valence-corrected chi connectivity index (χ4v) is 7.45. The summed E-state index contributed by atoms with van der Waals surface area (Å²) < 4.78 is 71.1. The summed E-state index contributed by atoms with van der Waals surface area (Å²) in [6.07, 6.45) is 2.39. The molecule has 0 bridgehead atoms. The minimum Gasteiger partial charge on any atom is -0.334 e. The van der Waals surface area contributed by atoms with E-state index in [1.54, 1.807) is 34.9 Å². The largest absolute Gasteiger partial charge is 0.416 e. The molecule has 53 heavy (non-hydrogen) atoms. The molecule has 1 saturated heterocycles. The minimum atomic E-state index is -4.42. The lowest BCUT2D eigenvalue weighted by Gasteiger charge is -2.38. The van der Waals surface area contributed by atoms with Gasteiger partial charge in [0.2, 0.25) is 5.91 Å². The Hall–Kier alpha value is -4.82. The second-order valence-electron chi connectivity index (χ2n) is 13.1. The molecule has 3 aromatic carbocycles. The number of benzene rings is 3. The molecule has 0 N–H and O–H groups in total. The zero-order chi connectivity index (χ0) is 37.7. The van der Waals surface area contributed by atoms with Crippen molar-refractivity contribution in [2.45, 2.75) is 62.4 Å². The Bertz CT molecular complexity index is 2090. The molecule has 5 aromatic rings. The number of carbonyl (C=O) groups is 1. The third-order valence-corrected chi connectivity index (χ3v) is 10.5. The monoisotopic (exact) mass is 750 g/mol. The van der Waals surface area contributed by atoms with Crippen molar-refractivity contribution in [3.05, 3.63) is 135 Å². The van der Waals surface area contributed by atoms with Crippen LogP contribution in [0.2, 0.25) is 0 Å². The number of carbonyl (C=O) groups excluding carboxylic acids is 1. The van der Waals surface area contributed by atoms with E-state index in [0.29, 0.717) is 11.1 Å². The molecule has 6 rings (SSSR count). The smallest absolute Gasteiger partial charge is 0.334 e. The van der Waals surface area contributed by atoms with Gasteiger partial charge in [-0.3, -0.25) is 14.3 Å². The number of amides is 1. The number of aryl methyl sites for hydroxylation is 1. The second kappa shape index (κ2) is 16.5. The van der Waals surface area contributed by atoms with Gasteiger partial charge in [-0.2, -0.15) is 23.3 Å². The third kappa shape index (κ3) is 9.41. The van der Waals surface area contributed by atoms with Crippen LogP contribution < -0.4 is 5.56 Å². The highest BCUT2D eigenvalue weighted by molar-refractivity contribution is 7.98. The Balaban J connectivity index is 1.28. The molecule has 1 aliphatic rings. The maximum atomic E-state index is 14.6. The van der Waals surface area contributed by atoms with E-state index in [1.807, 2.05) is 29.2 Å². The summed E-state index contributed by atoms with van der Waals surface area (Å²) in [5.41, 5.74) is 2.27. The summed E-state index contributed by atoms with van der Waals surface area (Å²) >= 11 is 1.04. The fraction of sp³-hybridized carbons (Fsp3) is 0.333. The number of thioether (sulfide) groups is 1. The van der Waals surface area contributed by atoms with Gasteiger partial charge in [0.05, 0.1) is 11.8 Å². The SMILES string of the molecule is CCN1CCC(N(Cc2ccc(-c3ccc(C(F)(F)F)cc3)cc2)C(=O)Cn2cc(Cc3cnn(C)c3)c(=O)nc2SCc2cccc(F)c2F)CC1. The van der Waals surface area contributed by atoms with Crippen LogP contribution in [0.15, 0.2) is 95.3 Å². The van der Waals surface area contributed by atoms with Crippen LogP contribution in [-0.4, -0.2) is 60.7 Å². The summed E-state index contributed by atoms with van der Waals surface area (Å²) in [4.78, 5) is 36.2. The molecule has 0 spiro atoms. The van der Waals surface area contributed by atoms with Crippen molar-refractivity contribution in [3.8, 4) is 11.1 Å². The molecule has 8 nitrogen and oxygen atoms in total. The van der Waals surface area contributed by atoms with Crippen molar-refractivity contribution in [2.75, 3.05) is 19.6 Å². The van der Waals surface area contributed by atoms with Gasteiger partial charge in [0, 0.05) is 68.4 Å². The molecule has 3 heterocycles. The maximum absolute atomic E-state index is 14.6. The van der Waals surface area contributed by atoms with Gasteiger partial charge in [-0.05, 0) is 59.8 Å². The van der Waals surface area contributed by atoms with Gasteiger partial charge in [-0.25, -0.2) is 8.78 Å². The lowest BCUT2D eigenvalue weighted by molar-refractivity contribution is -0.138. The van der Waals surface area contributed by atoms with Gasteiger partial charge in [0.1, 0.15) is 6.54 Å². The lowest BCUT2D eigenvalue weighted by atomic mass is 10.00. The highest BCUT2D eigenvalue weighted by Gasteiger charge is 2.30. The molecule has 0 radical (unpaired) electrons. The van der Waals surface area contributed by atoms with E-state index in [9.17, 15) is 31.5 Å². The highest BCUT2D eigenvalue weighted by atomic mass is 32.2. The van der Waals surface area contributed by atoms with Crippen LogP contribution in [0.25, 0.3) is 11.1 Å². The average molecular weight is 751 g/mol. The first-order chi connectivity index (χ1) is 25.4. The van der Waals surface area contributed by atoms with Crippen molar-refractivity contribution in [1.29, 1.82) is 0 Å². The number of likely N-dealkylation sites (tertiary alicyclic amines) is 1. The number of halogens is 5. The van der Waals surface area contributed by atoms with Gasteiger partial charge < -0.3 is 14.4 Å². The lowest BCUT2D eigenvalue weighted by Crippen LogP contribution is -2.48. The van der Waals surface area contributed by atoms with Crippen molar-refractivity contribution in [3.63, 3.8) is 0 Å². The van der Waals surface area contributed by atoms with Crippen LogP contribution in [0.4, 0.5) is 22.0 Å². The molecule has 2 aromatic heterocycles. The van der Waals surface area contributed by atoms with Crippen molar-refractivity contribution in [2.24, 2.45) is 7.05 Å². The number of aromatic nitrogens is 4. The number of alkyl halides is 3. The van der Waals surface area contributed by atoms with Crippen LogP contribution in [-0.2, 0) is 43.3 Å². The Labute approximate surface area is 308 Å². The summed E-state index contributed by atoms with van der Waals surface area (Å²) in [5.74, 6) is -2.18. The molecule has 0 atom stereocenters. The number of rotatable bonds is 12. The minimum absolute atomic E-state index is 0.0172. The number of hydrogen-bond donors (Lipinski definition) is 0. The predicted molar refractivity (Wildman–Crippen MR) is 193 cm³/mol. The van der Waals surface area contributed by atoms with Gasteiger partial charge in [-0.15, -0.1) is 0 Å². The van der Waals surface area contributed by atoms with Gasteiger partial charge >= 0.3 is 6.18 Å². The Morgan fingerprint density at radius 2 is 1.60 bits per heavy atom. The topological polar surface area (TPSA) is 76.3 Å². The van der Waals surface area contributed by atoms with E-state index in [1.165, 1.54) is 24.3 Å². The van der Waals surface area contributed by atoms with Crippen molar-refractivity contribution >= 4 is 17.7 Å². The van der Waals surface area contributed by atoms with E-state index in [4.69, 9.17) is 0 Å². The second-order valence-corrected chi connectivity index (χ2v) is 14.1. The average Bonchev–Trinajstić information content (AvgIpc) is 3.56. The quantitative estimate of drug-likeness (QED) is 0.0756. The zero-order valence-electron chi connectivity index (χ0n) is 29.3. The van der Waals surface area contributed by atoms with E-state index in [2.05, 4.69) is 21.9 Å². The Morgan fingerprint density at radius 3 is 2.23 bits per heavy atom. The first-order valence-electron chi connectivity index (χ1n) is 17.3. The van der Waals surface area contributed by atoms with Crippen LogP contribution in [0.3, 0.4) is 0 Å². The van der Waals surface area contributed by atoms with Gasteiger partial charge in [0.25, 0.3) is 5.56 Å². The van der Waals surface area contributed by atoms with Crippen molar-refractivity contribution in [1.82, 2.24) is 29.1 Å². The van der Waals surface area contributed by atoms with E-state index < -0.39 is 28.9 Å². The number of hydrogen-bond acceptors (Lipinski definition) is 6. The maximum Gasteiger partial charge on any atom is 0.416 e. The van der Waals surface area contributed by atoms with Crippen LogP contribution in [0.5, 0.6) is 0 Å². The number of nitrogens with zero attached hydrogens (tertiary/aromatic N) is 6. The van der Waals surface area contributed by atoms with Crippen molar-refractivity contribution < 1.29 is 26.7 Å². The number of piperidine rings is 1. The molecule has 1 aliphatic heterocycles. The molecule has 1 fully saturated rings. The summed E-state index contributed by atoms with van der Waals surface area (Å²) in [5, 5.41) is 4.38. The Kier molecular flexibility index (Phi) is 11.8. The summed E-state index contributed by atoms with van der Waals surface area (Å²) in [6.45, 7) is 4.79. The van der Waals surface area contributed by atoms with E-state index >= 15 is 0 Å². The zero-order valence-corrected chi connectivity index (χ0v) is 30.1. The normalized spacial score (nSPS) is 14.1. The molecule has 1 amide bonds. The first kappa shape index (κ1) is 37.9. The molecule has 0 saturated carbocycles. The Morgan fingerprint density at radius 1 is 0.925 bits per heavy atom. The summed E-state index contributed by atoms with van der Waals surface area (Å²) in [6, 6.07) is 16.2. The van der Waals surface area contributed by atoms with E-state index in [-0.39, 0.29) is 47.9 Å².